The monoisotopic (exact) mass is 313 g/mol. The molecular weight excluding hydrogens is 299 g/mol. The Kier molecular flexibility index (Phi) is 4.06. The molecule has 0 saturated carbocycles. The van der Waals surface area contributed by atoms with Crippen LogP contribution in [0.15, 0.2) is 78.9 Å². The molecule has 0 heterocycles. The van der Waals surface area contributed by atoms with Crippen LogP contribution in [-0.2, 0) is 6.18 Å². The molecule has 4 heteroatoms. The highest BCUT2D eigenvalue weighted by molar-refractivity contribution is 5.70. The molecule has 3 aromatic rings. The molecule has 23 heavy (non-hydrogen) atoms. The van der Waals surface area contributed by atoms with E-state index >= 15 is 0 Å². The molecule has 0 aromatic heterocycles. The topological polar surface area (TPSA) is 12.0 Å². The second-order valence-electron chi connectivity index (χ2n) is 5.15. The number of hydrogen-bond donors (Lipinski definition) is 1. The average Bonchev–Trinajstić information content (AvgIpc) is 2.56. The van der Waals surface area contributed by atoms with E-state index in [1.54, 1.807) is 0 Å². The van der Waals surface area contributed by atoms with E-state index in [0.29, 0.717) is 5.69 Å². The Morgan fingerprint density at radius 1 is 0.609 bits per heavy atom. The van der Waals surface area contributed by atoms with Gasteiger partial charge in [-0.15, -0.1) is 0 Å². The molecule has 0 radical (unpaired) electrons. The van der Waals surface area contributed by atoms with Gasteiger partial charge in [0.15, 0.2) is 0 Å². The molecule has 1 nitrogen and oxygen atoms in total. The summed E-state index contributed by atoms with van der Waals surface area (Å²) in [6.07, 6.45) is -4.31. The van der Waals surface area contributed by atoms with Crippen LogP contribution in [0.25, 0.3) is 11.1 Å². The number of rotatable bonds is 3. The van der Waals surface area contributed by atoms with Gasteiger partial charge in [0.1, 0.15) is 0 Å². The third kappa shape index (κ3) is 3.72. The van der Waals surface area contributed by atoms with Crippen molar-refractivity contribution in [3.05, 3.63) is 84.4 Å². The standard InChI is InChI=1S/C19H14F3N/c20-19(21,22)16-9-11-17(12-10-16)23-18-8-4-7-15(13-18)14-5-2-1-3-6-14/h1-13,23H. The number of halogens is 3. The van der Waals surface area contributed by atoms with Gasteiger partial charge in [0.05, 0.1) is 5.56 Å². The number of anilines is 2. The van der Waals surface area contributed by atoms with E-state index in [1.807, 2.05) is 54.6 Å². The molecule has 116 valence electrons. The minimum Gasteiger partial charge on any atom is -0.356 e. The summed E-state index contributed by atoms with van der Waals surface area (Å²) in [6, 6.07) is 22.7. The zero-order valence-electron chi connectivity index (χ0n) is 12.1. The summed E-state index contributed by atoms with van der Waals surface area (Å²) in [5.41, 5.74) is 2.92. The predicted molar refractivity (Wildman–Crippen MR) is 86.6 cm³/mol. The average molecular weight is 313 g/mol. The van der Waals surface area contributed by atoms with E-state index in [2.05, 4.69) is 5.32 Å². The number of nitrogens with one attached hydrogen (secondary N) is 1. The summed E-state index contributed by atoms with van der Waals surface area (Å²) in [6.45, 7) is 0. The second kappa shape index (κ2) is 6.16. The third-order valence-corrected chi connectivity index (χ3v) is 3.47. The number of alkyl halides is 3. The Morgan fingerprint density at radius 2 is 1.26 bits per heavy atom. The first-order valence-electron chi connectivity index (χ1n) is 7.12. The Labute approximate surface area is 132 Å². The van der Waals surface area contributed by atoms with Gasteiger partial charge in [-0.05, 0) is 47.5 Å². The van der Waals surface area contributed by atoms with Gasteiger partial charge in [0.25, 0.3) is 0 Å². The van der Waals surface area contributed by atoms with Gasteiger partial charge < -0.3 is 5.32 Å². The fourth-order valence-corrected chi connectivity index (χ4v) is 2.32. The van der Waals surface area contributed by atoms with Gasteiger partial charge in [-0.25, -0.2) is 0 Å². The summed E-state index contributed by atoms with van der Waals surface area (Å²) in [7, 11) is 0. The Bertz CT molecular complexity index is 778. The minimum absolute atomic E-state index is 0.614. The van der Waals surface area contributed by atoms with Crippen LogP contribution in [-0.4, -0.2) is 0 Å². The highest BCUT2D eigenvalue weighted by Crippen LogP contribution is 2.31. The molecule has 0 saturated heterocycles. The first-order chi connectivity index (χ1) is 11.0. The lowest BCUT2D eigenvalue weighted by molar-refractivity contribution is -0.137. The van der Waals surface area contributed by atoms with Gasteiger partial charge in [0, 0.05) is 11.4 Å². The molecule has 0 spiro atoms. The number of benzene rings is 3. The molecule has 0 aliphatic rings. The highest BCUT2D eigenvalue weighted by atomic mass is 19.4. The molecule has 1 N–H and O–H groups in total. The first-order valence-corrected chi connectivity index (χ1v) is 7.12. The lowest BCUT2D eigenvalue weighted by Gasteiger charge is -2.11. The SMILES string of the molecule is FC(F)(F)c1ccc(Nc2cccc(-c3ccccc3)c2)cc1. The summed E-state index contributed by atoms with van der Waals surface area (Å²) in [5.74, 6) is 0. The van der Waals surface area contributed by atoms with Crippen molar-refractivity contribution in [1.82, 2.24) is 0 Å². The maximum absolute atomic E-state index is 12.6. The van der Waals surface area contributed by atoms with E-state index in [1.165, 1.54) is 12.1 Å². The molecule has 3 aromatic carbocycles. The van der Waals surface area contributed by atoms with E-state index < -0.39 is 11.7 Å². The summed E-state index contributed by atoms with van der Waals surface area (Å²) < 4.78 is 37.7. The lowest BCUT2D eigenvalue weighted by Crippen LogP contribution is -2.04. The maximum Gasteiger partial charge on any atom is 0.416 e. The molecule has 0 bridgehead atoms. The lowest BCUT2D eigenvalue weighted by atomic mass is 10.1. The van der Waals surface area contributed by atoms with Crippen molar-refractivity contribution >= 4 is 11.4 Å². The minimum atomic E-state index is -4.31. The first kappa shape index (κ1) is 15.2. The van der Waals surface area contributed by atoms with Crippen molar-refractivity contribution in [2.24, 2.45) is 0 Å². The predicted octanol–water partition coefficient (Wildman–Crippen LogP) is 6.12. The smallest absolute Gasteiger partial charge is 0.356 e. The van der Waals surface area contributed by atoms with E-state index in [-0.39, 0.29) is 0 Å². The Balaban J connectivity index is 1.81. The Hall–Kier alpha value is -2.75. The fraction of sp³-hybridized carbons (Fsp3) is 0.0526. The molecule has 0 aliphatic carbocycles. The summed E-state index contributed by atoms with van der Waals surface area (Å²) in [4.78, 5) is 0. The van der Waals surface area contributed by atoms with Crippen LogP contribution in [0.4, 0.5) is 24.5 Å². The van der Waals surface area contributed by atoms with E-state index in [9.17, 15) is 13.2 Å². The molecule has 3 rings (SSSR count). The summed E-state index contributed by atoms with van der Waals surface area (Å²) in [5, 5.41) is 3.13. The molecular formula is C19H14F3N. The highest BCUT2D eigenvalue weighted by Gasteiger charge is 2.29. The van der Waals surface area contributed by atoms with Crippen molar-refractivity contribution in [2.75, 3.05) is 5.32 Å². The summed E-state index contributed by atoms with van der Waals surface area (Å²) >= 11 is 0. The van der Waals surface area contributed by atoms with Crippen molar-refractivity contribution in [1.29, 1.82) is 0 Å². The van der Waals surface area contributed by atoms with Crippen LogP contribution < -0.4 is 5.32 Å². The number of hydrogen-bond acceptors (Lipinski definition) is 1. The quantitative estimate of drug-likeness (QED) is 0.614. The fourth-order valence-electron chi connectivity index (χ4n) is 2.32. The van der Waals surface area contributed by atoms with Crippen LogP contribution >= 0.6 is 0 Å². The molecule has 0 atom stereocenters. The van der Waals surface area contributed by atoms with Crippen LogP contribution in [0.5, 0.6) is 0 Å². The molecule has 0 amide bonds. The molecule has 0 unspecified atom stereocenters. The van der Waals surface area contributed by atoms with E-state index in [0.717, 1.165) is 28.9 Å². The van der Waals surface area contributed by atoms with E-state index in [4.69, 9.17) is 0 Å². The van der Waals surface area contributed by atoms with Crippen LogP contribution in [0.2, 0.25) is 0 Å². The van der Waals surface area contributed by atoms with Crippen molar-refractivity contribution in [3.8, 4) is 11.1 Å². The van der Waals surface area contributed by atoms with Gasteiger partial charge in [-0.2, -0.15) is 13.2 Å². The van der Waals surface area contributed by atoms with Crippen molar-refractivity contribution in [2.45, 2.75) is 6.18 Å². The second-order valence-corrected chi connectivity index (χ2v) is 5.15. The van der Waals surface area contributed by atoms with Crippen molar-refractivity contribution in [3.63, 3.8) is 0 Å². The van der Waals surface area contributed by atoms with Crippen molar-refractivity contribution < 1.29 is 13.2 Å². The largest absolute Gasteiger partial charge is 0.416 e. The molecule has 0 aliphatic heterocycles. The van der Waals surface area contributed by atoms with Gasteiger partial charge in [0.2, 0.25) is 0 Å². The van der Waals surface area contributed by atoms with Gasteiger partial charge in [-0.3, -0.25) is 0 Å². The zero-order valence-corrected chi connectivity index (χ0v) is 12.1. The van der Waals surface area contributed by atoms with Crippen LogP contribution in [0.3, 0.4) is 0 Å². The normalized spacial score (nSPS) is 11.3. The van der Waals surface area contributed by atoms with Crippen LogP contribution in [0.1, 0.15) is 5.56 Å². The zero-order chi connectivity index (χ0) is 16.3. The van der Waals surface area contributed by atoms with Gasteiger partial charge in [-0.1, -0.05) is 42.5 Å². The van der Waals surface area contributed by atoms with Gasteiger partial charge >= 0.3 is 6.18 Å². The van der Waals surface area contributed by atoms with Crippen LogP contribution in [0, 0.1) is 0 Å². The Morgan fingerprint density at radius 3 is 1.91 bits per heavy atom. The maximum atomic E-state index is 12.6. The third-order valence-electron chi connectivity index (χ3n) is 3.47. The molecule has 0 fully saturated rings.